The van der Waals surface area contributed by atoms with Crippen molar-refractivity contribution in [2.45, 2.75) is 45.6 Å². The van der Waals surface area contributed by atoms with Gasteiger partial charge in [-0.25, -0.2) is 0 Å². The molecule has 1 atom stereocenters. The lowest BCUT2D eigenvalue weighted by atomic mass is 10.1. The highest BCUT2D eigenvalue weighted by Gasteiger charge is 2.22. The van der Waals surface area contributed by atoms with Crippen molar-refractivity contribution in [1.82, 2.24) is 0 Å². The second kappa shape index (κ2) is 8.81. The minimum absolute atomic E-state index is 0.0838. The summed E-state index contributed by atoms with van der Waals surface area (Å²) in [6.45, 7) is 5.91. The summed E-state index contributed by atoms with van der Waals surface area (Å²) in [6, 6.07) is 0. The van der Waals surface area contributed by atoms with Gasteiger partial charge in [0, 0.05) is 5.75 Å². The molecule has 0 amide bonds. The minimum atomic E-state index is -0.0838. The molecule has 17 heavy (non-hydrogen) atoms. The fourth-order valence-corrected chi connectivity index (χ4v) is 2.32. The highest BCUT2D eigenvalue weighted by molar-refractivity contribution is 7.99. The maximum atomic E-state index is 11.3. The van der Waals surface area contributed by atoms with Crippen LogP contribution >= 0.6 is 11.8 Å². The Labute approximate surface area is 109 Å². The summed E-state index contributed by atoms with van der Waals surface area (Å²) in [5.41, 5.74) is 0. The van der Waals surface area contributed by atoms with Crippen molar-refractivity contribution in [2.24, 2.45) is 5.92 Å². The summed E-state index contributed by atoms with van der Waals surface area (Å²) in [4.78, 5) is 11.3. The Hall–Kier alpha value is -0.220. The van der Waals surface area contributed by atoms with Crippen LogP contribution in [0.15, 0.2) is 0 Å². The largest absolute Gasteiger partial charge is 0.465 e. The first-order chi connectivity index (χ1) is 8.18. The van der Waals surface area contributed by atoms with Gasteiger partial charge in [-0.3, -0.25) is 4.79 Å². The van der Waals surface area contributed by atoms with Crippen LogP contribution in [-0.4, -0.2) is 36.8 Å². The Balaban J connectivity index is 1.79. The molecule has 0 aliphatic carbocycles. The molecule has 0 N–H and O–H groups in total. The monoisotopic (exact) mass is 260 g/mol. The van der Waals surface area contributed by atoms with Crippen LogP contribution in [0.1, 0.15) is 39.5 Å². The molecule has 0 aromatic carbocycles. The third-order valence-corrected chi connectivity index (χ3v) is 3.66. The van der Waals surface area contributed by atoms with Gasteiger partial charge < -0.3 is 9.47 Å². The lowest BCUT2D eigenvalue weighted by Gasteiger charge is -2.05. The quantitative estimate of drug-likeness (QED) is 0.344. The highest BCUT2D eigenvalue weighted by atomic mass is 32.2. The fraction of sp³-hybridized carbons (Fsp3) is 0.923. The van der Waals surface area contributed by atoms with E-state index < -0.39 is 0 Å². The molecule has 0 spiro atoms. The molecule has 1 saturated heterocycles. The van der Waals surface area contributed by atoms with Crippen LogP contribution in [0.5, 0.6) is 0 Å². The number of hydrogen-bond donors (Lipinski definition) is 0. The Morgan fingerprint density at radius 3 is 2.82 bits per heavy atom. The number of ether oxygens (including phenoxy) is 2. The minimum Gasteiger partial charge on any atom is -0.465 e. The van der Waals surface area contributed by atoms with Crippen molar-refractivity contribution in [1.29, 1.82) is 0 Å². The number of unbranched alkanes of at least 4 members (excludes halogenated alkanes) is 2. The van der Waals surface area contributed by atoms with Crippen molar-refractivity contribution in [3.63, 3.8) is 0 Å². The van der Waals surface area contributed by atoms with Crippen molar-refractivity contribution < 1.29 is 14.3 Å². The van der Waals surface area contributed by atoms with E-state index in [2.05, 4.69) is 13.8 Å². The van der Waals surface area contributed by atoms with Gasteiger partial charge in [0.2, 0.25) is 0 Å². The molecule has 1 fully saturated rings. The van der Waals surface area contributed by atoms with E-state index in [1.165, 1.54) is 12.8 Å². The Bertz CT molecular complexity index is 215. The molecular weight excluding hydrogens is 236 g/mol. The van der Waals surface area contributed by atoms with Gasteiger partial charge in [0.1, 0.15) is 0 Å². The third kappa shape index (κ3) is 9.48. The van der Waals surface area contributed by atoms with Crippen LogP contribution in [-0.2, 0) is 14.3 Å². The summed E-state index contributed by atoms with van der Waals surface area (Å²) >= 11 is 1.60. The van der Waals surface area contributed by atoms with E-state index in [0.717, 1.165) is 31.1 Å². The Morgan fingerprint density at radius 1 is 1.41 bits per heavy atom. The molecule has 100 valence electrons. The van der Waals surface area contributed by atoms with Crippen LogP contribution in [0.3, 0.4) is 0 Å². The Morgan fingerprint density at radius 2 is 2.18 bits per heavy atom. The van der Waals surface area contributed by atoms with Crippen LogP contribution in [0.2, 0.25) is 0 Å². The number of rotatable bonds is 10. The van der Waals surface area contributed by atoms with Crippen molar-refractivity contribution in [3.05, 3.63) is 0 Å². The number of epoxide rings is 1. The van der Waals surface area contributed by atoms with Crippen molar-refractivity contribution >= 4 is 17.7 Å². The number of carbonyl (C=O) groups excluding carboxylic acids is 1. The molecule has 0 aromatic rings. The zero-order chi connectivity index (χ0) is 12.5. The number of thioether (sulfide) groups is 1. The molecule has 0 radical (unpaired) electrons. The van der Waals surface area contributed by atoms with E-state index in [0.29, 0.717) is 18.5 Å². The van der Waals surface area contributed by atoms with Gasteiger partial charge in [0.15, 0.2) is 0 Å². The second-order valence-electron chi connectivity index (χ2n) is 4.93. The van der Waals surface area contributed by atoms with Crippen LogP contribution in [0, 0.1) is 5.92 Å². The van der Waals surface area contributed by atoms with E-state index in [1.807, 2.05) is 0 Å². The number of carbonyl (C=O) groups is 1. The van der Waals surface area contributed by atoms with Gasteiger partial charge in [0.05, 0.1) is 25.1 Å². The smallest absolute Gasteiger partial charge is 0.315 e. The van der Waals surface area contributed by atoms with Crippen LogP contribution < -0.4 is 0 Å². The van der Waals surface area contributed by atoms with Gasteiger partial charge >= 0.3 is 5.97 Å². The summed E-state index contributed by atoms with van der Waals surface area (Å²) in [5.74, 6) is 2.08. The Kier molecular flexibility index (Phi) is 7.69. The van der Waals surface area contributed by atoms with E-state index >= 15 is 0 Å². The predicted octanol–water partition coefficient (Wildman–Crippen LogP) is 2.88. The second-order valence-corrected chi connectivity index (χ2v) is 5.96. The fourth-order valence-electron chi connectivity index (χ4n) is 1.50. The molecule has 0 saturated carbocycles. The first-order valence-corrected chi connectivity index (χ1v) is 7.69. The highest BCUT2D eigenvalue weighted by Crippen LogP contribution is 2.16. The predicted molar refractivity (Wildman–Crippen MR) is 71.3 cm³/mol. The van der Waals surface area contributed by atoms with Crippen molar-refractivity contribution in [2.75, 3.05) is 24.7 Å². The van der Waals surface area contributed by atoms with Gasteiger partial charge in [-0.1, -0.05) is 33.1 Å². The summed E-state index contributed by atoms with van der Waals surface area (Å²) in [6.07, 6.45) is 5.06. The van der Waals surface area contributed by atoms with Gasteiger partial charge in [0.25, 0.3) is 0 Å². The third-order valence-electron chi connectivity index (χ3n) is 2.61. The SMILES string of the molecule is CC(C)CCCCCOC(=O)CSCC1CO1. The average molecular weight is 260 g/mol. The molecule has 1 aliphatic heterocycles. The lowest BCUT2D eigenvalue weighted by molar-refractivity contribution is -0.140. The van der Waals surface area contributed by atoms with E-state index in [4.69, 9.17) is 9.47 Å². The summed E-state index contributed by atoms with van der Waals surface area (Å²) in [5, 5.41) is 0. The first kappa shape index (κ1) is 14.8. The topological polar surface area (TPSA) is 38.8 Å². The maximum absolute atomic E-state index is 11.3. The zero-order valence-electron chi connectivity index (χ0n) is 10.9. The van der Waals surface area contributed by atoms with E-state index in [9.17, 15) is 4.79 Å². The molecule has 1 heterocycles. The maximum Gasteiger partial charge on any atom is 0.315 e. The molecular formula is C13H24O3S. The molecule has 0 bridgehead atoms. The molecule has 0 aromatic heterocycles. The van der Waals surface area contributed by atoms with Gasteiger partial charge in [-0.15, -0.1) is 11.8 Å². The molecule has 1 aliphatic rings. The number of hydrogen-bond acceptors (Lipinski definition) is 4. The van der Waals surface area contributed by atoms with Gasteiger partial charge in [-0.2, -0.15) is 0 Å². The van der Waals surface area contributed by atoms with Crippen LogP contribution in [0.25, 0.3) is 0 Å². The normalized spacial score (nSPS) is 18.4. The summed E-state index contributed by atoms with van der Waals surface area (Å²) < 4.78 is 10.2. The molecule has 1 unspecified atom stereocenters. The van der Waals surface area contributed by atoms with Gasteiger partial charge in [-0.05, 0) is 12.3 Å². The van der Waals surface area contributed by atoms with Crippen molar-refractivity contribution in [3.8, 4) is 0 Å². The first-order valence-electron chi connectivity index (χ1n) is 6.53. The average Bonchev–Trinajstić information content (AvgIpc) is 3.06. The zero-order valence-corrected chi connectivity index (χ0v) is 11.8. The standard InChI is InChI=1S/C13H24O3S/c1-11(2)6-4-3-5-7-15-13(14)10-17-9-12-8-16-12/h11-12H,3-10H2,1-2H3. The number of esters is 1. The van der Waals surface area contributed by atoms with E-state index in [1.54, 1.807) is 11.8 Å². The molecule has 4 heteroatoms. The van der Waals surface area contributed by atoms with E-state index in [-0.39, 0.29) is 5.97 Å². The summed E-state index contributed by atoms with van der Waals surface area (Å²) in [7, 11) is 0. The molecule has 1 rings (SSSR count). The van der Waals surface area contributed by atoms with Crippen LogP contribution in [0.4, 0.5) is 0 Å². The molecule has 3 nitrogen and oxygen atoms in total. The lowest BCUT2D eigenvalue weighted by Crippen LogP contribution is -2.09.